The van der Waals surface area contributed by atoms with Gasteiger partial charge in [-0.2, -0.15) is 22.2 Å². The lowest BCUT2D eigenvalue weighted by atomic mass is 10.1. The molecule has 1 aliphatic rings. The van der Waals surface area contributed by atoms with E-state index in [9.17, 15) is 13.2 Å². The first-order valence-corrected chi connectivity index (χ1v) is 8.35. The van der Waals surface area contributed by atoms with E-state index in [0.29, 0.717) is 24.6 Å². The predicted molar refractivity (Wildman–Crippen MR) is 91.0 cm³/mol. The monoisotopic (exact) mass is 390 g/mol. The molecule has 0 atom stereocenters. The minimum absolute atomic E-state index is 0.0474. The van der Waals surface area contributed by atoms with Gasteiger partial charge in [-0.1, -0.05) is 0 Å². The Bertz CT molecular complexity index is 1160. The molecular weight excluding hydrogens is 377 g/mol. The highest BCUT2D eigenvalue weighted by atomic mass is 19.4. The van der Waals surface area contributed by atoms with Gasteiger partial charge in [0, 0.05) is 20.1 Å². The number of halogens is 3. The summed E-state index contributed by atoms with van der Waals surface area (Å²) in [6, 6.07) is 6.87. The number of nitrogens with zero attached hydrogens (tertiary/aromatic N) is 10. The SMILES string of the molecule is CN(c1ccc2nnc(C(F)(F)F)n2n1)C1CN(c2ccc3nncn3n2)C1. The minimum atomic E-state index is -4.62. The molecule has 0 spiro atoms. The number of hydrogen-bond donors (Lipinski definition) is 0. The van der Waals surface area contributed by atoms with Crippen molar-refractivity contribution in [2.75, 3.05) is 29.9 Å². The van der Waals surface area contributed by atoms with Crippen molar-refractivity contribution in [1.29, 1.82) is 0 Å². The summed E-state index contributed by atoms with van der Waals surface area (Å²) in [5.74, 6) is 0.0441. The van der Waals surface area contributed by atoms with Crippen molar-refractivity contribution in [1.82, 2.24) is 39.6 Å². The fourth-order valence-electron chi connectivity index (χ4n) is 3.11. The maximum Gasteiger partial charge on any atom is 0.453 e. The number of aromatic nitrogens is 8. The molecule has 13 heteroatoms. The number of alkyl halides is 3. The zero-order valence-corrected chi connectivity index (χ0v) is 14.5. The minimum Gasteiger partial charge on any atom is -0.352 e. The first-order chi connectivity index (χ1) is 13.4. The van der Waals surface area contributed by atoms with Gasteiger partial charge >= 0.3 is 6.18 Å². The summed E-state index contributed by atoms with van der Waals surface area (Å²) in [6.45, 7) is 1.32. The van der Waals surface area contributed by atoms with Gasteiger partial charge in [0.1, 0.15) is 18.0 Å². The third kappa shape index (κ3) is 2.58. The molecule has 0 radical (unpaired) electrons. The van der Waals surface area contributed by atoms with E-state index in [1.165, 1.54) is 12.4 Å². The highest BCUT2D eigenvalue weighted by Gasteiger charge is 2.38. The van der Waals surface area contributed by atoms with Crippen molar-refractivity contribution >= 4 is 22.9 Å². The van der Waals surface area contributed by atoms with Gasteiger partial charge < -0.3 is 9.80 Å². The molecule has 0 amide bonds. The van der Waals surface area contributed by atoms with Gasteiger partial charge in [0.2, 0.25) is 0 Å². The molecule has 1 fully saturated rings. The first kappa shape index (κ1) is 16.6. The molecular formula is C15H13F3N10. The molecule has 0 aromatic carbocycles. The predicted octanol–water partition coefficient (Wildman–Crippen LogP) is 0.906. The number of likely N-dealkylation sites (N-methyl/N-ethyl adjacent to an activating group) is 1. The van der Waals surface area contributed by atoms with E-state index in [-0.39, 0.29) is 11.7 Å². The summed E-state index contributed by atoms with van der Waals surface area (Å²) < 4.78 is 41.5. The second-order valence-electron chi connectivity index (χ2n) is 6.48. The van der Waals surface area contributed by atoms with Crippen LogP contribution in [0.25, 0.3) is 11.3 Å². The van der Waals surface area contributed by atoms with E-state index in [1.54, 1.807) is 17.6 Å². The fraction of sp³-hybridized carbons (Fsp3) is 0.333. The lowest BCUT2D eigenvalue weighted by Crippen LogP contribution is -2.59. The van der Waals surface area contributed by atoms with Crippen molar-refractivity contribution in [2.24, 2.45) is 0 Å². The van der Waals surface area contributed by atoms with Gasteiger partial charge in [0.25, 0.3) is 5.82 Å². The lowest BCUT2D eigenvalue weighted by molar-refractivity contribution is -0.146. The van der Waals surface area contributed by atoms with Crippen LogP contribution in [-0.4, -0.2) is 65.8 Å². The van der Waals surface area contributed by atoms with Crippen molar-refractivity contribution in [3.63, 3.8) is 0 Å². The number of fused-ring (bicyclic) bond motifs is 2. The Morgan fingerprint density at radius 3 is 2.57 bits per heavy atom. The third-order valence-electron chi connectivity index (χ3n) is 4.75. The Hall–Kier alpha value is -3.51. The molecule has 0 unspecified atom stereocenters. The van der Waals surface area contributed by atoms with Gasteiger partial charge in [-0.05, 0) is 24.3 Å². The second-order valence-corrected chi connectivity index (χ2v) is 6.48. The van der Waals surface area contributed by atoms with Crippen molar-refractivity contribution < 1.29 is 13.2 Å². The largest absolute Gasteiger partial charge is 0.453 e. The average Bonchev–Trinajstić information content (AvgIpc) is 3.25. The van der Waals surface area contributed by atoms with Crippen LogP contribution in [0.3, 0.4) is 0 Å². The van der Waals surface area contributed by atoms with Crippen LogP contribution in [0.5, 0.6) is 0 Å². The third-order valence-corrected chi connectivity index (χ3v) is 4.75. The highest BCUT2D eigenvalue weighted by molar-refractivity contribution is 5.51. The van der Waals surface area contributed by atoms with Crippen molar-refractivity contribution in [3.05, 3.63) is 36.4 Å². The topological polar surface area (TPSA) is 92.6 Å². The zero-order chi connectivity index (χ0) is 19.5. The summed E-state index contributed by atoms with van der Waals surface area (Å²) in [6.07, 6.45) is -3.10. The van der Waals surface area contributed by atoms with E-state index in [1.807, 2.05) is 17.0 Å². The summed E-state index contributed by atoms with van der Waals surface area (Å²) in [5.41, 5.74) is 0.705. The number of anilines is 2. The molecule has 5 rings (SSSR count). The molecule has 0 aliphatic carbocycles. The Balaban J connectivity index is 1.35. The van der Waals surface area contributed by atoms with E-state index in [2.05, 4.69) is 35.5 Å². The standard InChI is InChI=1S/C15H13F3N10/c1-25(12-4-3-11-21-22-14(15(16,17)18)28(11)24-12)9-6-26(7-9)13-5-2-10-20-19-8-27(10)23-13/h2-5,8-9H,6-7H2,1H3. The smallest absolute Gasteiger partial charge is 0.352 e. The average molecular weight is 390 g/mol. The summed E-state index contributed by atoms with van der Waals surface area (Å²) in [5, 5.41) is 22.9. The maximum atomic E-state index is 13.0. The maximum absolute atomic E-state index is 13.0. The van der Waals surface area contributed by atoms with Crippen molar-refractivity contribution in [3.8, 4) is 0 Å². The van der Waals surface area contributed by atoms with Gasteiger partial charge in [0.05, 0.1) is 6.04 Å². The van der Waals surface area contributed by atoms with Gasteiger partial charge in [0.15, 0.2) is 11.3 Å². The van der Waals surface area contributed by atoms with Gasteiger partial charge in [-0.3, -0.25) is 0 Å². The normalized spacial score (nSPS) is 15.4. The quantitative estimate of drug-likeness (QED) is 0.510. The second kappa shape index (κ2) is 5.74. The molecule has 0 N–H and O–H groups in total. The molecule has 5 heterocycles. The van der Waals surface area contributed by atoms with Gasteiger partial charge in [-0.15, -0.1) is 30.6 Å². The van der Waals surface area contributed by atoms with Crippen molar-refractivity contribution in [2.45, 2.75) is 12.2 Å². The molecule has 4 aromatic rings. The van der Waals surface area contributed by atoms with E-state index in [4.69, 9.17) is 0 Å². The van der Waals surface area contributed by atoms with Crippen LogP contribution >= 0.6 is 0 Å². The van der Waals surface area contributed by atoms with Crippen LogP contribution in [-0.2, 0) is 6.18 Å². The van der Waals surface area contributed by atoms with Crippen LogP contribution in [0, 0.1) is 0 Å². The first-order valence-electron chi connectivity index (χ1n) is 8.35. The summed E-state index contributed by atoms with van der Waals surface area (Å²) in [4.78, 5) is 3.90. The van der Waals surface area contributed by atoms with Crippen LogP contribution in [0.15, 0.2) is 30.6 Å². The Kier molecular flexibility index (Phi) is 3.41. The molecule has 1 saturated heterocycles. The molecule has 1 aliphatic heterocycles. The molecule has 144 valence electrons. The Morgan fingerprint density at radius 2 is 1.79 bits per heavy atom. The Labute approximate surface area is 155 Å². The molecule has 28 heavy (non-hydrogen) atoms. The number of hydrogen-bond acceptors (Lipinski definition) is 8. The van der Waals surface area contributed by atoms with Gasteiger partial charge in [-0.25, -0.2) is 0 Å². The van der Waals surface area contributed by atoms with E-state index >= 15 is 0 Å². The zero-order valence-electron chi connectivity index (χ0n) is 14.5. The summed E-state index contributed by atoms with van der Waals surface area (Å²) in [7, 11) is 1.80. The van der Waals surface area contributed by atoms with Crippen LogP contribution < -0.4 is 9.80 Å². The fourth-order valence-corrected chi connectivity index (χ4v) is 3.11. The molecule has 4 aromatic heterocycles. The molecule has 0 saturated carbocycles. The van der Waals surface area contributed by atoms with Crippen LogP contribution in [0.1, 0.15) is 5.82 Å². The van der Waals surface area contributed by atoms with E-state index < -0.39 is 12.0 Å². The summed E-state index contributed by atoms with van der Waals surface area (Å²) >= 11 is 0. The molecule has 10 nitrogen and oxygen atoms in total. The highest BCUT2D eigenvalue weighted by Crippen LogP contribution is 2.29. The number of rotatable bonds is 3. The Morgan fingerprint density at radius 1 is 1.00 bits per heavy atom. The van der Waals surface area contributed by atoms with Crippen LogP contribution in [0.4, 0.5) is 24.8 Å². The van der Waals surface area contributed by atoms with E-state index in [0.717, 1.165) is 10.3 Å². The molecule has 0 bridgehead atoms. The van der Waals surface area contributed by atoms with Crippen LogP contribution in [0.2, 0.25) is 0 Å². The lowest BCUT2D eigenvalue weighted by Gasteiger charge is -2.44.